The van der Waals surface area contributed by atoms with E-state index in [-0.39, 0.29) is 43.2 Å². The van der Waals surface area contributed by atoms with Crippen LogP contribution in [0.1, 0.15) is 27.6 Å². The fourth-order valence-electron chi connectivity index (χ4n) is 3.10. The van der Waals surface area contributed by atoms with Crippen molar-refractivity contribution in [2.45, 2.75) is 20.1 Å². The summed E-state index contributed by atoms with van der Waals surface area (Å²) in [6.07, 6.45) is 0. The van der Waals surface area contributed by atoms with Crippen molar-refractivity contribution in [3.8, 4) is 5.75 Å². The van der Waals surface area contributed by atoms with E-state index < -0.39 is 5.91 Å². The third kappa shape index (κ3) is 5.85. The Morgan fingerprint density at radius 3 is 2.23 bits per heavy atom. The Kier molecular flexibility index (Phi) is 8.11. The van der Waals surface area contributed by atoms with Crippen LogP contribution in [0.15, 0.2) is 46.9 Å². The van der Waals surface area contributed by atoms with Gasteiger partial charge in [-0.2, -0.15) is 5.10 Å². The van der Waals surface area contributed by atoms with Gasteiger partial charge >= 0.3 is 0 Å². The molecule has 4 rings (SSSR count). The molecule has 2 heterocycles. The molecule has 0 bridgehead atoms. The van der Waals surface area contributed by atoms with Crippen LogP contribution in [0.2, 0.25) is 30.1 Å². The Hall–Kier alpha value is -2.06. The number of nitrogens with one attached hydrogen (secondary N) is 1. The number of carbonyl (C=O) groups excluding carboxylic acids is 1. The normalized spacial score (nSPS) is 11.1. The molecule has 4 aromatic rings. The molecular formula is C23H15Cl6N3O3. The number of amides is 1. The molecule has 1 amide bonds. The van der Waals surface area contributed by atoms with E-state index in [1.807, 2.05) is 31.2 Å². The number of halogens is 6. The zero-order valence-corrected chi connectivity index (χ0v) is 22.4. The van der Waals surface area contributed by atoms with Crippen LogP contribution in [0.5, 0.6) is 5.75 Å². The van der Waals surface area contributed by atoms with Gasteiger partial charge in [0, 0.05) is 16.8 Å². The lowest BCUT2D eigenvalue weighted by Gasteiger charge is -2.12. The number of furan rings is 1. The van der Waals surface area contributed by atoms with Crippen molar-refractivity contribution >= 4 is 81.3 Å². The molecule has 182 valence electrons. The van der Waals surface area contributed by atoms with Crippen LogP contribution in [0.4, 0.5) is 5.82 Å². The van der Waals surface area contributed by atoms with E-state index in [1.165, 1.54) is 6.07 Å². The van der Waals surface area contributed by atoms with E-state index in [1.54, 1.807) is 16.8 Å². The molecule has 0 aliphatic rings. The van der Waals surface area contributed by atoms with Crippen molar-refractivity contribution in [1.82, 2.24) is 9.78 Å². The van der Waals surface area contributed by atoms with Gasteiger partial charge in [0.15, 0.2) is 17.3 Å². The first-order chi connectivity index (χ1) is 16.6. The van der Waals surface area contributed by atoms with E-state index in [0.717, 1.165) is 11.3 Å². The quantitative estimate of drug-likeness (QED) is 0.172. The number of nitrogens with zero attached hydrogens (tertiary/aromatic N) is 2. The van der Waals surface area contributed by atoms with Crippen molar-refractivity contribution in [2.24, 2.45) is 0 Å². The van der Waals surface area contributed by atoms with Crippen LogP contribution in [0, 0.1) is 6.92 Å². The van der Waals surface area contributed by atoms with Crippen LogP contribution >= 0.6 is 69.6 Å². The van der Waals surface area contributed by atoms with Crippen LogP contribution in [-0.4, -0.2) is 15.7 Å². The Morgan fingerprint density at radius 2 is 1.57 bits per heavy atom. The first-order valence-electron chi connectivity index (χ1n) is 9.97. The highest BCUT2D eigenvalue weighted by Gasteiger charge is 2.21. The number of carbonyl (C=O) groups is 1. The van der Waals surface area contributed by atoms with Gasteiger partial charge in [-0.25, -0.2) is 0 Å². The lowest BCUT2D eigenvalue weighted by atomic mass is 10.2. The highest BCUT2D eigenvalue weighted by atomic mass is 35.5. The second-order valence-electron chi connectivity index (χ2n) is 7.36. The van der Waals surface area contributed by atoms with Gasteiger partial charge in [-0.15, -0.1) is 0 Å². The second kappa shape index (κ2) is 10.9. The number of hydrogen-bond acceptors (Lipinski definition) is 4. The van der Waals surface area contributed by atoms with Gasteiger partial charge in [-0.05, 0) is 36.8 Å². The molecule has 6 nitrogen and oxygen atoms in total. The van der Waals surface area contributed by atoms with Crippen LogP contribution in [0.3, 0.4) is 0 Å². The molecule has 0 saturated heterocycles. The Morgan fingerprint density at radius 1 is 0.943 bits per heavy atom. The fourth-order valence-corrected chi connectivity index (χ4v) is 4.46. The summed E-state index contributed by atoms with van der Waals surface area (Å²) in [4.78, 5) is 12.7. The molecule has 0 unspecified atom stereocenters. The van der Waals surface area contributed by atoms with Crippen molar-refractivity contribution < 1.29 is 13.9 Å². The predicted molar refractivity (Wildman–Crippen MR) is 140 cm³/mol. The summed E-state index contributed by atoms with van der Waals surface area (Å²) in [5.41, 5.74) is 1.90. The van der Waals surface area contributed by atoms with E-state index in [2.05, 4.69) is 10.4 Å². The number of benzene rings is 2. The SMILES string of the molecule is Cc1cc(NC(=O)c2ccc(COc3c(Cl)c(Cl)c(Cl)c(Cl)c3Cl)o2)nn1Cc1ccc(Cl)cc1. The minimum Gasteiger partial charge on any atom is -0.482 e. The molecule has 0 atom stereocenters. The molecule has 0 spiro atoms. The van der Waals surface area contributed by atoms with E-state index in [9.17, 15) is 4.79 Å². The summed E-state index contributed by atoms with van der Waals surface area (Å²) in [6.45, 7) is 2.34. The van der Waals surface area contributed by atoms with Crippen molar-refractivity contribution in [1.29, 1.82) is 0 Å². The highest BCUT2D eigenvalue weighted by Crippen LogP contribution is 2.48. The molecule has 35 heavy (non-hydrogen) atoms. The zero-order valence-electron chi connectivity index (χ0n) is 17.8. The maximum Gasteiger partial charge on any atom is 0.292 e. The number of anilines is 1. The largest absolute Gasteiger partial charge is 0.482 e. The van der Waals surface area contributed by atoms with E-state index in [4.69, 9.17) is 78.8 Å². The highest BCUT2D eigenvalue weighted by molar-refractivity contribution is 6.55. The van der Waals surface area contributed by atoms with Gasteiger partial charge in [0.1, 0.15) is 22.4 Å². The Balaban J connectivity index is 1.41. The first kappa shape index (κ1) is 26.0. The molecule has 0 aliphatic carbocycles. The molecule has 0 aliphatic heterocycles. The fraction of sp³-hybridized carbons (Fsp3) is 0.130. The van der Waals surface area contributed by atoms with Crippen molar-refractivity contribution in [3.63, 3.8) is 0 Å². The number of aryl methyl sites for hydroxylation is 1. The summed E-state index contributed by atoms with van der Waals surface area (Å²) in [5.74, 6) is 0.379. The van der Waals surface area contributed by atoms with Gasteiger partial charge in [-0.1, -0.05) is 81.7 Å². The van der Waals surface area contributed by atoms with Crippen molar-refractivity contribution in [2.75, 3.05) is 5.32 Å². The van der Waals surface area contributed by atoms with Gasteiger partial charge in [-0.3, -0.25) is 9.48 Å². The lowest BCUT2D eigenvalue weighted by molar-refractivity contribution is 0.0992. The number of rotatable bonds is 7. The molecule has 0 saturated carbocycles. The average Bonchev–Trinajstić information content (AvgIpc) is 3.44. The minimum absolute atomic E-state index is 0.0140. The average molecular weight is 594 g/mol. The minimum atomic E-state index is -0.471. The molecular weight excluding hydrogens is 579 g/mol. The van der Waals surface area contributed by atoms with Gasteiger partial charge in [0.25, 0.3) is 5.91 Å². The summed E-state index contributed by atoms with van der Waals surface area (Å²) < 4.78 is 13.0. The van der Waals surface area contributed by atoms with Gasteiger partial charge < -0.3 is 14.5 Å². The Bertz CT molecular complexity index is 1370. The molecule has 1 N–H and O–H groups in total. The van der Waals surface area contributed by atoms with E-state index in [0.29, 0.717) is 23.1 Å². The van der Waals surface area contributed by atoms with E-state index >= 15 is 0 Å². The number of ether oxygens (including phenoxy) is 1. The maximum absolute atomic E-state index is 12.7. The van der Waals surface area contributed by atoms with Crippen molar-refractivity contribution in [3.05, 3.63) is 95.4 Å². The van der Waals surface area contributed by atoms with Crippen LogP contribution in [-0.2, 0) is 13.2 Å². The maximum atomic E-state index is 12.7. The van der Waals surface area contributed by atoms with Gasteiger partial charge in [0.2, 0.25) is 0 Å². The summed E-state index contributed by atoms with van der Waals surface area (Å²) in [5, 5.41) is 7.91. The third-order valence-corrected chi connectivity index (χ3v) is 7.38. The zero-order chi connectivity index (χ0) is 25.3. The second-order valence-corrected chi connectivity index (χ2v) is 9.69. The Labute approximate surface area is 230 Å². The molecule has 12 heteroatoms. The monoisotopic (exact) mass is 591 g/mol. The number of hydrogen-bond donors (Lipinski definition) is 1. The third-order valence-electron chi connectivity index (χ3n) is 4.88. The number of aromatic nitrogens is 2. The van der Waals surface area contributed by atoms with Gasteiger partial charge in [0.05, 0.1) is 21.6 Å². The summed E-state index contributed by atoms with van der Waals surface area (Å²) >= 11 is 36.4. The summed E-state index contributed by atoms with van der Waals surface area (Å²) in [7, 11) is 0. The van der Waals surface area contributed by atoms with Crippen LogP contribution < -0.4 is 10.1 Å². The smallest absolute Gasteiger partial charge is 0.292 e. The summed E-state index contributed by atoms with van der Waals surface area (Å²) in [6, 6.07) is 12.3. The predicted octanol–water partition coefficient (Wildman–Crippen LogP) is 8.58. The standard InChI is InChI=1S/C23H15Cl6N3O3/c1-11-8-16(31-32(11)9-12-2-4-13(24)5-3-12)30-23(33)15-7-6-14(35-15)10-34-22-20(28)18(26)17(25)19(27)21(22)29/h2-8H,9-10H2,1H3,(H,30,31,33). The topological polar surface area (TPSA) is 69.3 Å². The lowest BCUT2D eigenvalue weighted by Crippen LogP contribution is -2.12. The molecule has 0 fully saturated rings. The first-order valence-corrected chi connectivity index (χ1v) is 12.2. The van der Waals surface area contributed by atoms with Crippen LogP contribution in [0.25, 0.3) is 0 Å². The molecule has 2 aromatic heterocycles. The molecule has 2 aromatic carbocycles. The molecule has 0 radical (unpaired) electrons.